The average molecular weight is 882 g/mol. The van der Waals surface area contributed by atoms with Crippen LogP contribution in [0.2, 0.25) is 10.0 Å². The van der Waals surface area contributed by atoms with Crippen LogP contribution in [0.25, 0.3) is 0 Å². The van der Waals surface area contributed by atoms with Crippen molar-refractivity contribution in [3.05, 3.63) is 89.6 Å². The van der Waals surface area contributed by atoms with E-state index in [1.165, 1.54) is 100 Å². The fraction of sp³-hybridized carbons (Fsp3) is 0.513. The molecule has 0 unspecified atom stereocenters. The molecule has 0 aromatic heterocycles. The Morgan fingerprint density at radius 2 is 1.27 bits per heavy atom. The van der Waals surface area contributed by atoms with E-state index in [9.17, 15) is 23.2 Å². The minimum atomic E-state index is -1.11. The van der Waals surface area contributed by atoms with Crippen LogP contribution < -0.4 is 5.32 Å². The molecule has 2 aromatic rings. The number of carbonyl (C=O) groups is 3. The number of piperidine rings is 1. The molecule has 10 nitrogen and oxygen atoms in total. The van der Waals surface area contributed by atoms with E-state index in [1.807, 2.05) is 39.5 Å². The van der Waals surface area contributed by atoms with Gasteiger partial charge in [0.15, 0.2) is 0 Å². The van der Waals surface area contributed by atoms with Gasteiger partial charge in [0.25, 0.3) is 0 Å². The summed E-state index contributed by atoms with van der Waals surface area (Å²) in [5, 5.41) is 4.41. The molecule has 0 spiro atoms. The van der Waals surface area contributed by atoms with E-state index in [1.54, 1.807) is 0 Å². The van der Waals surface area contributed by atoms with Crippen LogP contribution in [0, 0.1) is 11.6 Å². The van der Waals surface area contributed by atoms with Crippen molar-refractivity contribution in [1.29, 1.82) is 0 Å². The largest absolute Gasteiger partial charge is 0.444 e. The van der Waals surface area contributed by atoms with Crippen molar-refractivity contribution in [2.75, 3.05) is 60.3 Å². The first-order chi connectivity index (χ1) is 26.5. The summed E-state index contributed by atoms with van der Waals surface area (Å²) in [6, 6.07) is 8.02. The Labute approximate surface area is 352 Å². The lowest BCUT2D eigenvalue weighted by Crippen LogP contribution is -2.48. The number of ether oxygens (including phenoxy) is 5. The number of methoxy groups -OCH3 is 4. The molecule has 17 heteroatoms. The Kier molecular flexibility index (Phi) is 21.8. The first-order valence-electron chi connectivity index (χ1n) is 17.4. The van der Waals surface area contributed by atoms with Crippen LogP contribution >= 0.6 is 58.5 Å². The number of likely N-dealkylation sites (tertiary alicyclic amines) is 1. The molecule has 1 atom stereocenters. The summed E-state index contributed by atoms with van der Waals surface area (Å²) in [6.07, 6.45) is 4.97. The maximum absolute atomic E-state index is 13.9. The predicted molar refractivity (Wildman–Crippen MR) is 224 cm³/mol. The van der Waals surface area contributed by atoms with Gasteiger partial charge in [-0.25, -0.2) is 13.6 Å². The van der Waals surface area contributed by atoms with Crippen molar-refractivity contribution in [2.24, 2.45) is 0 Å². The van der Waals surface area contributed by atoms with Gasteiger partial charge in [-0.2, -0.15) is 0 Å². The van der Waals surface area contributed by atoms with Gasteiger partial charge < -0.3 is 33.9 Å². The van der Waals surface area contributed by atoms with Crippen molar-refractivity contribution in [3.63, 3.8) is 0 Å². The molecule has 3 rings (SSSR count). The van der Waals surface area contributed by atoms with Crippen LogP contribution in [0.4, 0.5) is 13.6 Å². The van der Waals surface area contributed by atoms with Crippen LogP contribution in [-0.2, 0) is 46.1 Å². The van der Waals surface area contributed by atoms with E-state index in [0.29, 0.717) is 50.4 Å². The summed E-state index contributed by atoms with van der Waals surface area (Å²) in [4.78, 5) is 40.3. The van der Waals surface area contributed by atoms with E-state index in [0.717, 1.165) is 17.1 Å². The molecule has 1 fully saturated rings. The molecule has 1 heterocycles. The maximum Gasteiger partial charge on any atom is 0.407 e. The zero-order valence-corrected chi connectivity index (χ0v) is 37.3. The summed E-state index contributed by atoms with van der Waals surface area (Å²) in [5.74, 6) is -1.48. The highest BCUT2D eigenvalue weighted by molar-refractivity contribution is 8.21. The highest BCUT2D eigenvalue weighted by Crippen LogP contribution is 2.33. The molecule has 312 valence electrons. The molecule has 1 aliphatic heterocycles. The van der Waals surface area contributed by atoms with Crippen molar-refractivity contribution >= 4 is 76.1 Å². The van der Waals surface area contributed by atoms with Gasteiger partial charge in [-0.1, -0.05) is 23.2 Å². The van der Waals surface area contributed by atoms with Crippen molar-refractivity contribution in [1.82, 2.24) is 10.2 Å². The third kappa shape index (κ3) is 15.4. The zero-order valence-electron chi connectivity index (χ0n) is 33.4. The number of nitrogens with zero attached hydrogens (tertiary/aromatic N) is 1. The zero-order chi connectivity index (χ0) is 42.2. The normalized spacial score (nSPS) is 14.9. The third-order valence-corrected chi connectivity index (χ3v) is 12.0. The standard InChI is InChI=1S/C24H34ClFN2O5S.C15H18ClFO3S2/c1-24(2,3)33-23(30)27-17-8-7-11-28(14-17)21(34-6)18(20(29)22(31-4)32-5)13-15-12-16(26)9-10-19(15)25;1-19-14(20-2)13(18)11(15(21-3)22-4)8-9-7-10(17)5-6-12(9)16/h9-10,12,17,22H,7-8,11,13-14H2,1-6H3,(H,27,30);5-7,14H,8H2,1-4H3/b21-18-;/t17-;/m1./s1. The molecular formula is C39H52Cl2F2N2O8S3. The Hall–Kier alpha value is -2.34. The molecule has 1 N–H and O–H groups in total. The van der Waals surface area contributed by atoms with Crippen LogP contribution in [0.1, 0.15) is 44.7 Å². The van der Waals surface area contributed by atoms with Gasteiger partial charge in [0.05, 0.1) is 5.03 Å². The van der Waals surface area contributed by atoms with Gasteiger partial charge in [-0.15, -0.1) is 35.3 Å². The number of Topliss-reactive ketones (excluding diaryl/α,β-unsaturated/α-hetero) is 2. The van der Waals surface area contributed by atoms with Crippen molar-refractivity contribution in [3.8, 4) is 0 Å². The third-order valence-electron chi connectivity index (χ3n) is 8.13. The molecule has 0 aliphatic carbocycles. The second-order valence-electron chi connectivity index (χ2n) is 13.3. The van der Waals surface area contributed by atoms with Gasteiger partial charge in [-0.3, -0.25) is 9.59 Å². The Morgan fingerprint density at radius 3 is 1.70 bits per heavy atom. The summed E-state index contributed by atoms with van der Waals surface area (Å²) in [5.41, 5.74) is 1.36. The number of carbonyl (C=O) groups excluding carboxylic acids is 3. The molecule has 2 aromatic carbocycles. The molecule has 0 saturated carbocycles. The topological polar surface area (TPSA) is 113 Å². The van der Waals surface area contributed by atoms with E-state index in [2.05, 4.69) is 10.2 Å². The summed E-state index contributed by atoms with van der Waals surface area (Å²) < 4.78 is 54.1. The smallest absolute Gasteiger partial charge is 0.407 e. The highest BCUT2D eigenvalue weighted by Gasteiger charge is 2.31. The quantitative estimate of drug-likeness (QED) is 0.121. The molecule has 56 heavy (non-hydrogen) atoms. The van der Waals surface area contributed by atoms with Gasteiger partial charge in [0, 0.05) is 85.8 Å². The number of benzene rings is 2. The monoisotopic (exact) mass is 880 g/mol. The van der Waals surface area contributed by atoms with Crippen molar-refractivity contribution in [2.45, 2.75) is 70.7 Å². The van der Waals surface area contributed by atoms with Crippen LogP contribution in [-0.4, -0.2) is 107 Å². The highest BCUT2D eigenvalue weighted by atomic mass is 35.5. The van der Waals surface area contributed by atoms with Crippen LogP contribution in [0.3, 0.4) is 0 Å². The fourth-order valence-electron chi connectivity index (χ4n) is 5.70. The van der Waals surface area contributed by atoms with Crippen LogP contribution in [0.5, 0.6) is 0 Å². The van der Waals surface area contributed by atoms with Crippen molar-refractivity contribution < 1.29 is 46.8 Å². The number of ketones is 2. The van der Waals surface area contributed by atoms with E-state index >= 15 is 0 Å². The first kappa shape index (κ1) is 49.8. The number of halogens is 4. The Bertz CT molecular complexity index is 1700. The second kappa shape index (κ2) is 24.6. The number of rotatable bonds is 17. The van der Waals surface area contributed by atoms with E-state index < -0.39 is 35.9 Å². The molecule has 1 amide bonds. The molecule has 0 bridgehead atoms. The van der Waals surface area contributed by atoms with Gasteiger partial charge in [0.1, 0.15) is 17.2 Å². The number of hydrogen-bond acceptors (Lipinski definition) is 12. The average Bonchev–Trinajstić information content (AvgIpc) is 3.14. The number of thioether (sulfide) groups is 3. The summed E-state index contributed by atoms with van der Waals surface area (Å²) in [7, 11) is 5.58. The van der Waals surface area contributed by atoms with Gasteiger partial charge in [-0.05, 0) is 99.9 Å². The second-order valence-corrected chi connectivity index (χ2v) is 16.8. The van der Waals surface area contributed by atoms with E-state index in [-0.39, 0.29) is 30.4 Å². The number of hydrogen-bond donors (Lipinski definition) is 1. The first-order valence-corrected chi connectivity index (χ1v) is 21.8. The maximum atomic E-state index is 13.9. The molecule has 1 aliphatic rings. The lowest BCUT2D eigenvalue weighted by Gasteiger charge is -2.37. The van der Waals surface area contributed by atoms with Gasteiger partial charge in [0.2, 0.25) is 24.1 Å². The van der Waals surface area contributed by atoms with E-state index in [4.69, 9.17) is 46.9 Å². The fourth-order valence-corrected chi connectivity index (χ4v) is 8.42. The molecular weight excluding hydrogens is 830 g/mol. The Morgan fingerprint density at radius 1 is 0.804 bits per heavy atom. The number of amides is 1. The SMILES string of the molecule is COC(OC)C(=O)/C(Cc1cc(F)ccc1Cl)=C(\SC)N1CCC[C@@H](NC(=O)OC(C)(C)C)C1.COC(OC)C(=O)C(Cc1cc(F)ccc1Cl)=C(SC)SC. The summed E-state index contributed by atoms with van der Waals surface area (Å²) >= 11 is 16.7. The van der Waals surface area contributed by atoms with Gasteiger partial charge >= 0.3 is 6.09 Å². The Balaban J connectivity index is 0.000000425. The predicted octanol–water partition coefficient (Wildman–Crippen LogP) is 8.92. The van der Waals surface area contributed by atoms with Crippen LogP contribution in [0.15, 0.2) is 56.8 Å². The minimum absolute atomic E-state index is 0.107. The number of alkyl carbamates (subject to hydrolysis) is 1. The molecule has 0 radical (unpaired) electrons. The number of nitrogens with one attached hydrogen (secondary N) is 1. The minimum Gasteiger partial charge on any atom is -0.444 e. The summed E-state index contributed by atoms with van der Waals surface area (Å²) in [6.45, 7) is 6.62. The lowest BCUT2D eigenvalue weighted by atomic mass is 10.00. The molecule has 1 saturated heterocycles. The lowest BCUT2D eigenvalue weighted by molar-refractivity contribution is -0.153.